The third-order valence-electron chi connectivity index (χ3n) is 2.84. The summed E-state index contributed by atoms with van der Waals surface area (Å²) < 4.78 is 6.90. The van der Waals surface area contributed by atoms with Crippen LogP contribution in [0.2, 0.25) is 10.0 Å². The van der Waals surface area contributed by atoms with Crippen LogP contribution in [0.1, 0.15) is 19.4 Å². The van der Waals surface area contributed by atoms with Gasteiger partial charge in [0.15, 0.2) is 0 Å². The molecule has 0 spiro atoms. The van der Waals surface area contributed by atoms with E-state index in [1.807, 2.05) is 18.2 Å². The van der Waals surface area contributed by atoms with Gasteiger partial charge in [-0.05, 0) is 24.3 Å². The lowest BCUT2D eigenvalue weighted by Crippen LogP contribution is -2.22. The average molecular weight is 389 g/mol. The van der Waals surface area contributed by atoms with Crippen LogP contribution in [0.15, 0.2) is 40.9 Å². The van der Waals surface area contributed by atoms with Crippen LogP contribution in [0.4, 0.5) is 0 Å². The van der Waals surface area contributed by atoms with E-state index >= 15 is 0 Å². The highest BCUT2D eigenvalue weighted by Crippen LogP contribution is 2.34. The monoisotopic (exact) mass is 387 g/mol. The smallest absolute Gasteiger partial charge is 0.147 e. The Hall–Kier alpha value is -0.740. The summed E-state index contributed by atoms with van der Waals surface area (Å²) in [5.41, 5.74) is 1.06. The van der Waals surface area contributed by atoms with E-state index in [0.717, 1.165) is 22.3 Å². The first-order valence-corrected chi connectivity index (χ1v) is 8.15. The quantitative estimate of drug-likeness (QED) is 0.673. The Morgan fingerprint density at radius 2 is 1.86 bits per heavy atom. The van der Waals surface area contributed by atoms with Crippen molar-refractivity contribution in [1.29, 1.82) is 0 Å². The van der Waals surface area contributed by atoms with Crippen molar-refractivity contribution in [2.75, 3.05) is 0 Å². The Balaban J connectivity index is 2.29. The standard InChI is InChI=1S/C16H16BrCl2NO/c1-10(2)20-9-11-3-4-12(17)7-15(11)21-16-8-13(18)5-6-14(16)19/h3-8,10,20H,9H2,1-2H3. The zero-order chi connectivity index (χ0) is 15.4. The molecule has 5 heteroatoms. The summed E-state index contributed by atoms with van der Waals surface area (Å²) >= 11 is 15.6. The SMILES string of the molecule is CC(C)NCc1ccc(Br)cc1Oc1cc(Cl)ccc1Cl. The maximum Gasteiger partial charge on any atom is 0.147 e. The van der Waals surface area contributed by atoms with E-state index in [2.05, 4.69) is 35.1 Å². The highest BCUT2D eigenvalue weighted by Gasteiger charge is 2.10. The molecular formula is C16H16BrCl2NO. The van der Waals surface area contributed by atoms with Crippen LogP contribution >= 0.6 is 39.1 Å². The minimum atomic E-state index is 0.399. The summed E-state index contributed by atoms with van der Waals surface area (Å²) in [7, 11) is 0. The Bertz CT molecular complexity index is 632. The van der Waals surface area contributed by atoms with Crippen LogP contribution in [-0.4, -0.2) is 6.04 Å². The first-order valence-electron chi connectivity index (χ1n) is 6.60. The number of halogens is 3. The molecule has 0 unspecified atom stereocenters. The second-order valence-corrected chi connectivity index (χ2v) is 6.72. The number of benzene rings is 2. The van der Waals surface area contributed by atoms with Gasteiger partial charge in [0, 0.05) is 33.7 Å². The van der Waals surface area contributed by atoms with E-state index in [-0.39, 0.29) is 0 Å². The first-order chi connectivity index (χ1) is 9.95. The van der Waals surface area contributed by atoms with E-state index in [4.69, 9.17) is 27.9 Å². The molecule has 0 radical (unpaired) electrons. The second kappa shape index (κ2) is 7.50. The van der Waals surface area contributed by atoms with E-state index in [0.29, 0.717) is 21.8 Å². The van der Waals surface area contributed by atoms with Crippen molar-refractivity contribution in [2.45, 2.75) is 26.4 Å². The van der Waals surface area contributed by atoms with E-state index < -0.39 is 0 Å². The topological polar surface area (TPSA) is 21.3 Å². The highest BCUT2D eigenvalue weighted by atomic mass is 79.9. The van der Waals surface area contributed by atoms with Gasteiger partial charge in [0.1, 0.15) is 11.5 Å². The minimum Gasteiger partial charge on any atom is -0.455 e. The van der Waals surface area contributed by atoms with Gasteiger partial charge in [0.25, 0.3) is 0 Å². The number of nitrogens with one attached hydrogen (secondary N) is 1. The Morgan fingerprint density at radius 1 is 1.10 bits per heavy atom. The average Bonchev–Trinajstić information content (AvgIpc) is 2.42. The molecule has 0 saturated heterocycles. The molecule has 2 rings (SSSR count). The number of hydrogen-bond donors (Lipinski definition) is 1. The summed E-state index contributed by atoms with van der Waals surface area (Å²) in [5.74, 6) is 1.30. The van der Waals surface area contributed by atoms with Crippen LogP contribution in [0.3, 0.4) is 0 Å². The summed E-state index contributed by atoms with van der Waals surface area (Å²) in [6, 6.07) is 11.5. The Kier molecular flexibility index (Phi) is 5.94. The molecule has 0 saturated carbocycles. The fourth-order valence-corrected chi connectivity index (χ4v) is 2.42. The van der Waals surface area contributed by atoms with Gasteiger partial charge in [0.05, 0.1) is 5.02 Å². The Labute approximate surface area is 143 Å². The van der Waals surface area contributed by atoms with Crippen molar-refractivity contribution in [3.05, 3.63) is 56.5 Å². The zero-order valence-corrected chi connectivity index (χ0v) is 14.9. The van der Waals surface area contributed by atoms with Crippen LogP contribution in [0.25, 0.3) is 0 Å². The molecule has 2 aromatic carbocycles. The maximum absolute atomic E-state index is 6.15. The van der Waals surface area contributed by atoms with Crippen molar-refractivity contribution < 1.29 is 4.74 Å². The molecule has 0 heterocycles. The van der Waals surface area contributed by atoms with Gasteiger partial charge in [-0.15, -0.1) is 0 Å². The molecule has 0 atom stereocenters. The molecule has 0 aliphatic carbocycles. The second-order valence-electron chi connectivity index (χ2n) is 4.96. The minimum absolute atomic E-state index is 0.399. The van der Waals surface area contributed by atoms with Gasteiger partial charge in [-0.3, -0.25) is 0 Å². The molecule has 0 aromatic heterocycles. The lowest BCUT2D eigenvalue weighted by molar-refractivity contribution is 0.469. The molecule has 112 valence electrons. The molecular weight excluding hydrogens is 373 g/mol. The van der Waals surface area contributed by atoms with Crippen LogP contribution in [-0.2, 0) is 6.54 Å². The normalized spacial score (nSPS) is 11.0. The fraction of sp³-hybridized carbons (Fsp3) is 0.250. The molecule has 21 heavy (non-hydrogen) atoms. The van der Waals surface area contributed by atoms with Crippen molar-refractivity contribution in [2.24, 2.45) is 0 Å². The van der Waals surface area contributed by atoms with Crippen molar-refractivity contribution in [3.8, 4) is 11.5 Å². The molecule has 2 aromatic rings. The molecule has 0 aliphatic heterocycles. The molecule has 0 fully saturated rings. The molecule has 0 amide bonds. The van der Waals surface area contributed by atoms with Gasteiger partial charge < -0.3 is 10.1 Å². The molecule has 2 nitrogen and oxygen atoms in total. The first kappa shape index (κ1) is 16.6. The van der Waals surface area contributed by atoms with Gasteiger partial charge in [-0.25, -0.2) is 0 Å². The fourth-order valence-electron chi connectivity index (χ4n) is 1.76. The van der Waals surface area contributed by atoms with E-state index in [1.54, 1.807) is 18.2 Å². The van der Waals surface area contributed by atoms with Crippen molar-refractivity contribution in [3.63, 3.8) is 0 Å². The number of hydrogen-bond acceptors (Lipinski definition) is 2. The van der Waals surface area contributed by atoms with Crippen LogP contribution in [0.5, 0.6) is 11.5 Å². The van der Waals surface area contributed by atoms with Crippen molar-refractivity contribution >= 4 is 39.1 Å². The van der Waals surface area contributed by atoms with Crippen LogP contribution < -0.4 is 10.1 Å². The third-order valence-corrected chi connectivity index (χ3v) is 3.88. The third kappa shape index (κ3) is 4.89. The predicted molar refractivity (Wildman–Crippen MR) is 92.7 cm³/mol. The summed E-state index contributed by atoms with van der Waals surface area (Å²) in [6.07, 6.45) is 0. The summed E-state index contributed by atoms with van der Waals surface area (Å²) in [4.78, 5) is 0. The molecule has 1 N–H and O–H groups in total. The van der Waals surface area contributed by atoms with Gasteiger partial charge in [-0.2, -0.15) is 0 Å². The highest BCUT2D eigenvalue weighted by molar-refractivity contribution is 9.10. The number of ether oxygens (including phenoxy) is 1. The lowest BCUT2D eigenvalue weighted by atomic mass is 10.2. The lowest BCUT2D eigenvalue weighted by Gasteiger charge is -2.15. The van der Waals surface area contributed by atoms with Gasteiger partial charge in [-0.1, -0.05) is 59.0 Å². The van der Waals surface area contributed by atoms with Crippen molar-refractivity contribution in [1.82, 2.24) is 5.32 Å². The molecule has 0 aliphatic rings. The summed E-state index contributed by atoms with van der Waals surface area (Å²) in [6.45, 7) is 4.93. The summed E-state index contributed by atoms with van der Waals surface area (Å²) in [5, 5.41) is 4.50. The van der Waals surface area contributed by atoms with Crippen LogP contribution in [0, 0.1) is 0 Å². The molecule has 0 bridgehead atoms. The predicted octanol–water partition coefficient (Wildman–Crippen LogP) is 6.05. The largest absolute Gasteiger partial charge is 0.455 e. The maximum atomic E-state index is 6.15. The number of rotatable bonds is 5. The van der Waals surface area contributed by atoms with E-state index in [1.165, 1.54) is 0 Å². The van der Waals surface area contributed by atoms with E-state index in [9.17, 15) is 0 Å². The Morgan fingerprint density at radius 3 is 2.57 bits per heavy atom. The zero-order valence-electron chi connectivity index (χ0n) is 11.8. The van der Waals surface area contributed by atoms with Gasteiger partial charge in [0.2, 0.25) is 0 Å². The van der Waals surface area contributed by atoms with Gasteiger partial charge >= 0.3 is 0 Å².